The Morgan fingerprint density at radius 2 is 2.31 bits per heavy atom. The highest BCUT2D eigenvalue weighted by molar-refractivity contribution is 6.17. The Balaban J connectivity index is 3.22. The van der Waals surface area contributed by atoms with Crippen molar-refractivity contribution in [2.24, 2.45) is 0 Å². The van der Waals surface area contributed by atoms with Crippen molar-refractivity contribution in [3.05, 3.63) is 35.1 Å². The van der Waals surface area contributed by atoms with E-state index in [1.54, 1.807) is 19.1 Å². The number of aldehydes is 1. The van der Waals surface area contributed by atoms with Gasteiger partial charge in [-0.3, -0.25) is 0 Å². The second-order valence-corrected chi connectivity index (χ2v) is 3.14. The summed E-state index contributed by atoms with van der Waals surface area (Å²) in [4.78, 5) is 10.5. The van der Waals surface area contributed by atoms with Crippen LogP contribution in [0.25, 0.3) is 0 Å². The first kappa shape index (κ1) is 10.2. The summed E-state index contributed by atoms with van der Waals surface area (Å²) < 4.78 is 13.3. The summed E-state index contributed by atoms with van der Waals surface area (Å²) in [5, 5.41) is 0. The monoisotopic (exact) mass is 200 g/mol. The molecule has 0 bridgehead atoms. The minimum atomic E-state index is -0.435. The lowest BCUT2D eigenvalue weighted by atomic mass is 9.97. The third kappa shape index (κ3) is 2.07. The Labute approximate surface area is 81.5 Å². The van der Waals surface area contributed by atoms with Gasteiger partial charge >= 0.3 is 0 Å². The Hall–Kier alpha value is -0.890. The standard InChI is InChI=1S/C10H10ClFO/c1-7(6-13)10-8(5-11)3-2-4-9(10)12/h2-4,6-7H,5H2,1H3. The molecule has 1 nitrogen and oxygen atoms in total. The Kier molecular flexibility index (Phi) is 3.43. The first-order chi connectivity index (χ1) is 6.20. The fourth-order valence-electron chi connectivity index (χ4n) is 1.28. The summed E-state index contributed by atoms with van der Waals surface area (Å²) in [6.07, 6.45) is 0.717. The molecule has 0 aliphatic heterocycles. The average Bonchev–Trinajstić information content (AvgIpc) is 2.16. The second-order valence-electron chi connectivity index (χ2n) is 2.87. The van der Waals surface area contributed by atoms with Crippen LogP contribution in [0.15, 0.2) is 18.2 Å². The van der Waals surface area contributed by atoms with Gasteiger partial charge in [0.05, 0.1) is 0 Å². The molecule has 0 aliphatic carbocycles. The van der Waals surface area contributed by atoms with Gasteiger partial charge in [0.25, 0.3) is 0 Å². The van der Waals surface area contributed by atoms with E-state index in [4.69, 9.17) is 11.6 Å². The van der Waals surface area contributed by atoms with E-state index in [-0.39, 0.29) is 11.7 Å². The van der Waals surface area contributed by atoms with Gasteiger partial charge in [0.2, 0.25) is 0 Å². The molecule has 0 saturated heterocycles. The highest BCUT2D eigenvalue weighted by atomic mass is 35.5. The van der Waals surface area contributed by atoms with Gasteiger partial charge in [-0.1, -0.05) is 19.1 Å². The summed E-state index contributed by atoms with van der Waals surface area (Å²) >= 11 is 5.62. The van der Waals surface area contributed by atoms with Crippen LogP contribution >= 0.6 is 11.6 Å². The number of hydrogen-bond acceptors (Lipinski definition) is 1. The van der Waals surface area contributed by atoms with Crippen LogP contribution in [0.5, 0.6) is 0 Å². The van der Waals surface area contributed by atoms with E-state index in [1.165, 1.54) is 6.07 Å². The fraction of sp³-hybridized carbons (Fsp3) is 0.300. The van der Waals surface area contributed by atoms with E-state index in [9.17, 15) is 9.18 Å². The number of halogens is 2. The molecule has 0 aliphatic rings. The van der Waals surface area contributed by atoms with Crippen LogP contribution in [0.4, 0.5) is 4.39 Å². The van der Waals surface area contributed by atoms with Crippen LogP contribution in [0.1, 0.15) is 24.0 Å². The normalized spacial score (nSPS) is 12.5. The van der Waals surface area contributed by atoms with Crippen molar-refractivity contribution in [2.75, 3.05) is 0 Å². The number of hydrogen-bond donors (Lipinski definition) is 0. The molecule has 3 heteroatoms. The molecule has 0 radical (unpaired) electrons. The van der Waals surface area contributed by atoms with Gasteiger partial charge in [0.1, 0.15) is 12.1 Å². The SMILES string of the molecule is CC(C=O)c1c(F)cccc1CCl. The molecule has 1 atom stereocenters. The number of benzene rings is 1. The molecule has 0 fully saturated rings. The van der Waals surface area contributed by atoms with Gasteiger partial charge in [-0.25, -0.2) is 4.39 Å². The Bertz CT molecular complexity index is 312. The lowest BCUT2D eigenvalue weighted by Gasteiger charge is -2.10. The van der Waals surface area contributed by atoms with Crippen molar-refractivity contribution >= 4 is 17.9 Å². The van der Waals surface area contributed by atoms with E-state index < -0.39 is 5.92 Å². The van der Waals surface area contributed by atoms with Crippen molar-refractivity contribution in [1.82, 2.24) is 0 Å². The fourth-order valence-corrected chi connectivity index (χ4v) is 1.51. The molecule has 0 saturated carbocycles. The minimum Gasteiger partial charge on any atom is -0.303 e. The maximum atomic E-state index is 13.3. The summed E-state index contributed by atoms with van der Waals surface area (Å²) in [6.45, 7) is 1.65. The first-order valence-corrected chi connectivity index (χ1v) is 4.52. The van der Waals surface area contributed by atoms with Crippen LogP contribution < -0.4 is 0 Å². The quantitative estimate of drug-likeness (QED) is 0.542. The average molecular weight is 201 g/mol. The summed E-state index contributed by atoms with van der Waals surface area (Å²) in [6, 6.07) is 4.66. The molecule has 1 aromatic rings. The zero-order chi connectivity index (χ0) is 9.84. The first-order valence-electron chi connectivity index (χ1n) is 3.99. The minimum absolute atomic E-state index is 0.227. The molecule has 1 unspecified atom stereocenters. The summed E-state index contributed by atoms with van der Waals surface area (Å²) in [5.74, 6) is -0.571. The summed E-state index contributed by atoms with van der Waals surface area (Å²) in [5.41, 5.74) is 1.09. The lowest BCUT2D eigenvalue weighted by molar-refractivity contribution is -0.108. The Morgan fingerprint density at radius 1 is 1.62 bits per heavy atom. The van der Waals surface area contributed by atoms with Crippen LogP contribution in [0.3, 0.4) is 0 Å². The maximum absolute atomic E-state index is 13.3. The van der Waals surface area contributed by atoms with E-state index in [0.717, 1.165) is 0 Å². The number of carbonyl (C=O) groups is 1. The van der Waals surface area contributed by atoms with Crippen molar-refractivity contribution < 1.29 is 9.18 Å². The highest BCUT2D eigenvalue weighted by Gasteiger charge is 2.13. The van der Waals surface area contributed by atoms with Crippen molar-refractivity contribution in [1.29, 1.82) is 0 Å². The molecule has 0 heterocycles. The molecular weight excluding hydrogens is 191 g/mol. The Morgan fingerprint density at radius 3 is 2.85 bits per heavy atom. The molecule has 13 heavy (non-hydrogen) atoms. The molecule has 70 valence electrons. The molecule has 1 rings (SSSR count). The van der Waals surface area contributed by atoms with Gasteiger partial charge in [0, 0.05) is 17.4 Å². The molecule has 0 amide bonds. The van der Waals surface area contributed by atoms with E-state index in [1.807, 2.05) is 0 Å². The van der Waals surface area contributed by atoms with Gasteiger partial charge in [-0.2, -0.15) is 0 Å². The van der Waals surface area contributed by atoms with Crippen LogP contribution in [-0.2, 0) is 10.7 Å². The largest absolute Gasteiger partial charge is 0.303 e. The van der Waals surface area contributed by atoms with Gasteiger partial charge in [0.15, 0.2) is 0 Å². The topological polar surface area (TPSA) is 17.1 Å². The maximum Gasteiger partial charge on any atom is 0.127 e. The third-order valence-electron chi connectivity index (χ3n) is 1.95. The number of alkyl halides is 1. The van der Waals surface area contributed by atoms with Crippen molar-refractivity contribution in [2.45, 2.75) is 18.7 Å². The molecule has 0 spiro atoms. The second kappa shape index (κ2) is 4.38. The number of rotatable bonds is 3. The third-order valence-corrected chi connectivity index (χ3v) is 2.23. The zero-order valence-corrected chi connectivity index (χ0v) is 8.01. The summed E-state index contributed by atoms with van der Waals surface area (Å²) in [7, 11) is 0. The van der Waals surface area contributed by atoms with Crippen LogP contribution in [-0.4, -0.2) is 6.29 Å². The van der Waals surface area contributed by atoms with Gasteiger partial charge in [-0.15, -0.1) is 11.6 Å². The predicted octanol–water partition coefficient (Wildman–Crippen LogP) is 2.87. The molecule has 0 aromatic heterocycles. The van der Waals surface area contributed by atoms with Crippen molar-refractivity contribution in [3.63, 3.8) is 0 Å². The smallest absolute Gasteiger partial charge is 0.127 e. The highest BCUT2D eigenvalue weighted by Crippen LogP contribution is 2.22. The van der Waals surface area contributed by atoms with E-state index in [0.29, 0.717) is 17.4 Å². The number of carbonyl (C=O) groups excluding carboxylic acids is 1. The van der Waals surface area contributed by atoms with Crippen molar-refractivity contribution in [3.8, 4) is 0 Å². The van der Waals surface area contributed by atoms with Gasteiger partial charge in [-0.05, 0) is 11.6 Å². The lowest BCUT2D eigenvalue weighted by Crippen LogP contribution is -2.02. The van der Waals surface area contributed by atoms with E-state index >= 15 is 0 Å². The molecular formula is C10H10ClFO. The predicted molar refractivity (Wildman–Crippen MR) is 50.4 cm³/mol. The van der Waals surface area contributed by atoms with E-state index in [2.05, 4.69) is 0 Å². The molecule has 1 aromatic carbocycles. The molecule has 0 N–H and O–H groups in total. The zero-order valence-electron chi connectivity index (χ0n) is 7.26. The van der Waals surface area contributed by atoms with Crippen LogP contribution in [0.2, 0.25) is 0 Å². The van der Waals surface area contributed by atoms with Gasteiger partial charge < -0.3 is 4.79 Å². The van der Waals surface area contributed by atoms with Crippen LogP contribution in [0, 0.1) is 5.82 Å².